The summed E-state index contributed by atoms with van der Waals surface area (Å²) in [6.07, 6.45) is 20.9. The Morgan fingerprint density at radius 3 is 1.52 bits per heavy atom. The molecule has 62 heavy (non-hydrogen) atoms. The highest BCUT2D eigenvalue weighted by molar-refractivity contribution is 5.75. The van der Waals surface area contributed by atoms with Crippen LogP contribution in [0.3, 0.4) is 0 Å². The summed E-state index contributed by atoms with van der Waals surface area (Å²) >= 11 is 0. The van der Waals surface area contributed by atoms with Crippen LogP contribution >= 0.6 is 0 Å². The van der Waals surface area contributed by atoms with Gasteiger partial charge in [0.25, 0.3) is 0 Å². The van der Waals surface area contributed by atoms with E-state index < -0.39 is 36.6 Å². The Balaban J connectivity index is 0.000000401. The first-order valence-corrected chi connectivity index (χ1v) is 22.8. The van der Waals surface area contributed by atoms with E-state index >= 15 is 0 Å². The molecular weight excluding hydrogens is 785 g/mol. The number of ether oxygens (including phenoxy) is 1. The van der Waals surface area contributed by atoms with Crippen molar-refractivity contribution in [3.05, 3.63) is 120 Å². The van der Waals surface area contributed by atoms with Crippen molar-refractivity contribution in [2.45, 2.75) is 140 Å². The number of unbranched alkanes of at least 4 members (excludes halogenated alkanes) is 2. The molecule has 2 aromatic rings. The highest BCUT2D eigenvalue weighted by Crippen LogP contribution is 2.37. The lowest BCUT2D eigenvalue weighted by atomic mass is 9.89. The number of allylic oxidation sites excluding steroid dienone is 4. The van der Waals surface area contributed by atoms with Crippen molar-refractivity contribution in [1.82, 2.24) is 5.32 Å². The molecule has 0 aliphatic heterocycles. The van der Waals surface area contributed by atoms with Crippen molar-refractivity contribution >= 4 is 11.9 Å². The van der Waals surface area contributed by atoms with Crippen LogP contribution in [0, 0.1) is 23.7 Å². The molecule has 0 heterocycles. The number of amides is 1. The van der Waals surface area contributed by atoms with E-state index in [-0.39, 0.29) is 35.5 Å². The zero-order valence-corrected chi connectivity index (χ0v) is 37.5. The summed E-state index contributed by atoms with van der Waals surface area (Å²) in [7, 11) is 1.39. The highest BCUT2D eigenvalue weighted by Gasteiger charge is 2.40. The standard InChI is InChI=1S/C25H37NO4.C24H34O5.C2H7N/c1-2-26-25(30)13-9-4-3-8-12-21-22(24(29)18-23(21)28)17-16-20(27)15-14-19-10-6-5-7-11-19;1-29-24(28)12-8-3-2-7-11-20-21(23(27)17-22(20)26)16-15-19(25)14-13-18-9-5-4-6-10-18;1-2-3/h3,5-8,10-11,16-17,20-24,27-29H,2,4,9,12-15,18H2,1H3,(H,26,30);2,4-7,9-10,15-16,19-23,25-27H,3,8,11-14,17H2,1H3;2-3H2,1H3/b8-3-,17-16+;7-2-,16-15+;/t20-,21+,22+,23-,24+;19-,20+,21+,22-,23+;/m00./s1. The van der Waals surface area contributed by atoms with Gasteiger partial charge in [-0.2, -0.15) is 0 Å². The summed E-state index contributed by atoms with van der Waals surface area (Å²) in [5.74, 6) is -0.584. The van der Waals surface area contributed by atoms with Gasteiger partial charge in [0.15, 0.2) is 0 Å². The van der Waals surface area contributed by atoms with Gasteiger partial charge in [-0.1, -0.05) is 116 Å². The largest absolute Gasteiger partial charge is 0.469 e. The molecule has 2 aliphatic carbocycles. The van der Waals surface area contributed by atoms with E-state index in [1.54, 1.807) is 12.2 Å². The number of nitrogens with one attached hydrogen (secondary N) is 1. The molecule has 0 saturated heterocycles. The molecule has 1 amide bonds. The molecule has 2 aromatic carbocycles. The molecule has 11 nitrogen and oxygen atoms in total. The van der Waals surface area contributed by atoms with E-state index in [1.165, 1.54) is 18.2 Å². The van der Waals surface area contributed by atoms with Crippen LogP contribution in [0.5, 0.6) is 0 Å². The number of benzene rings is 2. The number of aryl methyl sites for hydroxylation is 2. The molecule has 4 rings (SSSR count). The number of carbonyl (C=O) groups excluding carboxylic acids is 2. The summed E-state index contributed by atoms with van der Waals surface area (Å²) in [6.45, 7) is 5.22. The second-order valence-electron chi connectivity index (χ2n) is 16.3. The van der Waals surface area contributed by atoms with Crippen molar-refractivity contribution < 1.29 is 45.0 Å². The maximum absolute atomic E-state index is 11.4. The van der Waals surface area contributed by atoms with Gasteiger partial charge in [-0.15, -0.1) is 0 Å². The molecule has 2 fully saturated rings. The van der Waals surface area contributed by atoms with Crippen molar-refractivity contribution in [2.75, 3.05) is 20.2 Å². The van der Waals surface area contributed by atoms with Gasteiger partial charge in [0, 0.05) is 44.1 Å². The zero-order valence-electron chi connectivity index (χ0n) is 37.5. The quantitative estimate of drug-likeness (QED) is 0.0356. The summed E-state index contributed by atoms with van der Waals surface area (Å²) in [5, 5.41) is 64.6. The molecule has 0 unspecified atom stereocenters. The SMILES string of the molecule is CCN.CCNC(=O)CCC/C=C\C[C@@H]1[C@@H](/C=C/[C@@H](O)CCc2ccccc2)[C@H](O)C[C@@H]1O.COC(=O)CCC/C=C\C[C@@H]1[C@@H](/C=C/[C@@H](O)CCc2ccccc2)[C@H](O)C[C@@H]1O. The molecular formula is C51H78N2O9. The van der Waals surface area contributed by atoms with Crippen LogP contribution in [0.25, 0.3) is 0 Å². The first kappa shape index (κ1) is 54.2. The van der Waals surface area contributed by atoms with Crippen LogP contribution in [0.1, 0.15) is 102 Å². The van der Waals surface area contributed by atoms with Crippen LogP contribution in [0.15, 0.2) is 109 Å². The Kier molecular flexibility index (Phi) is 28.6. The third kappa shape index (κ3) is 22.4. The van der Waals surface area contributed by atoms with Crippen LogP contribution in [-0.2, 0) is 27.2 Å². The number of esters is 1. The first-order valence-electron chi connectivity index (χ1n) is 22.8. The van der Waals surface area contributed by atoms with Crippen LogP contribution < -0.4 is 11.1 Å². The topological polar surface area (TPSA) is 203 Å². The smallest absolute Gasteiger partial charge is 0.305 e. The summed E-state index contributed by atoms with van der Waals surface area (Å²) < 4.78 is 4.61. The van der Waals surface area contributed by atoms with E-state index in [1.807, 2.05) is 111 Å². The van der Waals surface area contributed by atoms with Gasteiger partial charge in [-0.05, 0) is 101 Å². The summed E-state index contributed by atoms with van der Waals surface area (Å²) in [5.41, 5.74) is 7.22. The van der Waals surface area contributed by atoms with E-state index in [0.29, 0.717) is 57.9 Å². The average Bonchev–Trinajstić information content (AvgIpc) is 3.70. The number of hydrogen-bond acceptors (Lipinski definition) is 10. The minimum Gasteiger partial charge on any atom is -0.469 e. The molecule has 2 saturated carbocycles. The number of hydrogen-bond donors (Lipinski definition) is 8. The van der Waals surface area contributed by atoms with Gasteiger partial charge in [0.05, 0.1) is 43.7 Å². The minimum atomic E-state index is -0.597. The third-order valence-corrected chi connectivity index (χ3v) is 11.4. The monoisotopic (exact) mass is 863 g/mol. The third-order valence-electron chi connectivity index (χ3n) is 11.4. The Morgan fingerprint density at radius 2 is 1.11 bits per heavy atom. The number of aliphatic hydroxyl groups excluding tert-OH is 6. The Labute approximate surface area is 371 Å². The fourth-order valence-electron chi connectivity index (χ4n) is 7.91. The Bertz CT molecular complexity index is 1580. The van der Waals surface area contributed by atoms with Crippen molar-refractivity contribution in [1.29, 1.82) is 0 Å². The van der Waals surface area contributed by atoms with E-state index in [9.17, 15) is 40.2 Å². The molecule has 10 atom stereocenters. The van der Waals surface area contributed by atoms with Crippen molar-refractivity contribution in [2.24, 2.45) is 29.4 Å². The second-order valence-corrected chi connectivity index (χ2v) is 16.3. The number of rotatable bonds is 23. The van der Waals surface area contributed by atoms with E-state index in [0.717, 1.165) is 45.1 Å². The fourth-order valence-corrected chi connectivity index (χ4v) is 7.91. The van der Waals surface area contributed by atoms with Crippen LogP contribution in [-0.4, -0.2) is 99.3 Å². The number of aliphatic hydroxyl groups is 6. The molecule has 0 aromatic heterocycles. The maximum atomic E-state index is 11.4. The second kappa shape index (κ2) is 32.7. The Morgan fingerprint density at radius 1 is 0.694 bits per heavy atom. The summed E-state index contributed by atoms with van der Waals surface area (Å²) in [6, 6.07) is 20.1. The van der Waals surface area contributed by atoms with Gasteiger partial charge in [-0.3, -0.25) is 9.59 Å². The van der Waals surface area contributed by atoms with Gasteiger partial charge in [-0.25, -0.2) is 0 Å². The minimum absolute atomic E-state index is 0.0581. The molecule has 346 valence electrons. The van der Waals surface area contributed by atoms with Gasteiger partial charge >= 0.3 is 5.97 Å². The van der Waals surface area contributed by atoms with Gasteiger partial charge in [0.2, 0.25) is 5.91 Å². The highest BCUT2D eigenvalue weighted by atomic mass is 16.5. The lowest BCUT2D eigenvalue weighted by Crippen LogP contribution is -2.21. The molecule has 11 heteroatoms. The van der Waals surface area contributed by atoms with Crippen molar-refractivity contribution in [3.63, 3.8) is 0 Å². The Hall–Kier alpha value is -3.94. The summed E-state index contributed by atoms with van der Waals surface area (Å²) in [4.78, 5) is 22.5. The average molecular weight is 863 g/mol. The lowest BCUT2D eigenvalue weighted by Gasteiger charge is -2.19. The van der Waals surface area contributed by atoms with Crippen LogP contribution in [0.4, 0.5) is 0 Å². The molecule has 9 N–H and O–H groups in total. The normalized spacial score (nSPS) is 24.5. The van der Waals surface area contributed by atoms with Gasteiger partial charge in [0.1, 0.15) is 0 Å². The number of methoxy groups -OCH3 is 1. The first-order chi connectivity index (χ1) is 29.9. The van der Waals surface area contributed by atoms with E-state index in [2.05, 4.69) is 10.1 Å². The zero-order chi connectivity index (χ0) is 45.5. The molecule has 2 aliphatic rings. The number of carbonyl (C=O) groups is 2. The molecule has 0 radical (unpaired) electrons. The fraction of sp³-hybridized carbons (Fsp3) is 0.569. The van der Waals surface area contributed by atoms with E-state index in [4.69, 9.17) is 5.73 Å². The molecule has 0 spiro atoms. The van der Waals surface area contributed by atoms with Crippen molar-refractivity contribution in [3.8, 4) is 0 Å². The van der Waals surface area contributed by atoms with Gasteiger partial charge < -0.3 is 46.4 Å². The van der Waals surface area contributed by atoms with Crippen LogP contribution in [0.2, 0.25) is 0 Å². The lowest BCUT2D eigenvalue weighted by molar-refractivity contribution is -0.140. The predicted octanol–water partition coefficient (Wildman–Crippen LogP) is 6.30. The predicted molar refractivity (Wildman–Crippen MR) is 248 cm³/mol. The maximum Gasteiger partial charge on any atom is 0.305 e. The molecule has 0 bridgehead atoms. The number of nitrogens with two attached hydrogens (primary N) is 1.